The Hall–Kier alpha value is -0.590. The molecule has 4 nitrogen and oxygen atoms in total. The first-order chi connectivity index (χ1) is 7.74. The molecule has 96 valence electrons. The highest BCUT2D eigenvalue weighted by atomic mass is 79.9. The number of carbonyl (C=O) groups excluding carboxylic acids is 1. The summed E-state index contributed by atoms with van der Waals surface area (Å²) in [6.07, 6.45) is 0. The van der Waals surface area contributed by atoms with E-state index in [4.69, 9.17) is 4.74 Å². The minimum absolute atomic E-state index is 0.124. The number of likely N-dealkylation sites (N-methyl/N-ethyl adjacent to an activating group) is 1. The minimum Gasteiger partial charge on any atom is -0.495 e. The molecule has 0 radical (unpaired) electrons. The van der Waals surface area contributed by atoms with Crippen LogP contribution in [0.4, 0.5) is 0 Å². The van der Waals surface area contributed by atoms with Gasteiger partial charge in [0.2, 0.25) is 0 Å². The minimum atomic E-state index is -0.900. The quantitative estimate of drug-likeness (QED) is 0.926. The van der Waals surface area contributed by atoms with Crippen LogP contribution in [0.2, 0.25) is 0 Å². The van der Waals surface area contributed by atoms with E-state index < -0.39 is 5.60 Å². The monoisotopic (exact) mass is 321 g/mol. The molecule has 0 aliphatic rings. The summed E-state index contributed by atoms with van der Waals surface area (Å²) < 4.78 is 5.89. The predicted molar refractivity (Wildman–Crippen MR) is 71.8 cm³/mol. The molecule has 0 aliphatic carbocycles. The van der Waals surface area contributed by atoms with E-state index in [9.17, 15) is 9.90 Å². The van der Waals surface area contributed by atoms with Crippen LogP contribution >= 0.6 is 27.3 Å². The van der Waals surface area contributed by atoms with Crippen molar-refractivity contribution in [2.45, 2.75) is 19.4 Å². The van der Waals surface area contributed by atoms with Crippen LogP contribution in [0.5, 0.6) is 5.75 Å². The Balaban J connectivity index is 2.82. The molecule has 17 heavy (non-hydrogen) atoms. The second kappa shape index (κ2) is 5.37. The highest BCUT2D eigenvalue weighted by molar-refractivity contribution is 9.11. The van der Waals surface area contributed by atoms with Gasteiger partial charge in [0.05, 0.1) is 17.6 Å². The summed E-state index contributed by atoms with van der Waals surface area (Å²) in [6.45, 7) is 3.62. The molecule has 0 fully saturated rings. The topological polar surface area (TPSA) is 49.8 Å². The van der Waals surface area contributed by atoms with Crippen molar-refractivity contribution < 1.29 is 14.6 Å². The average Bonchev–Trinajstić information content (AvgIpc) is 2.55. The number of rotatable bonds is 4. The van der Waals surface area contributed by atoms with E-state index in [-0.39, 0.29) is 12.5 Å². The van der Waals surface area contributed by atoms with Crippen molar-refractivity contribution in [1.29, 1.82) is 0 Å². The lowest BCUT2D eigenvalue weighted by molar-refractivity contribution is 0.0370. The molecule has 0 spiro atoms. The molecule has 6 heteroatoms. The first-order valence-electron chi connectivity index (χ1n) is 5.06. The molecule has 1 rings (SSSR count). The van der Waals surface area contributed by atoms with Gasteiger partial charge in [-0.05, 0) is 29.8 Å². The molecule has 1 aromatic heterocycles. The van der Waals surface area contributed by atoms with E-state index in [0.29, 0.717) is 10.6 Å². The van der Waals surface area contributed by atoms with E-state index in [1.165, 1.54) is 16.2 Å². The maximum atomic E-state index is 12.1. The fourth-order valence-corrected chi connectivity index (χ4v) is 3.08. The fraction of sp³-hybridized carbons (Fsp3) is 0.545. The third kappa shape index (κ3) is 3.97. The van der Waals surface area contributed by atoms with Crippen LogP contribution in [0.15, 0.2) is 9.85 Å². The molecule has 1 aromatic rings. The zero-order valence-electron chi connectivity index (χ0n) is 10.3. The van der Waals surface area contributed by atoms with Gasteiger partial charge >= 0.3 is 0 Å². The molecule has 1 heterocycles. The SMILES string of the molecule is COc1cc(C(=O)N(C)CC(C)(C)O)sc1Br. The van der Waals surface area contributed by atoms with Crippen LogP contribution in [-0.2, 0) is 0 Å². The molecule has 0 saturated heterocycles. The number of hydrogen-bond donors (Lipinski definition) is 1. The Morgan fingerprint density at radius 3 is 2.65 bits per heavy atom. The third-order valence-corrected chi connectivity index (χ3v) is 3.83. The number of nitrogens with zero attached hydrogens (tertiary/aromatic N) is 1. The Labute approximate surface area is 113 Å². The van der Waals surface area contributed by atoms with E-state index in [0.717, 1.165) is 3.79 Å². The largest absolute Gasteiger partial charge is 0.495 e. The van der Waals surface area contributed by atoms with Gasteiger partial charge in [0.1, 0.15) is 9.54 Å². The summed E-state index contributed by atoms with van der Waals surface area (Å²) in [7, 11) is 3.22. The number of thiophene rings is 1. The van der Waals surface area contributed by atoms with Crippen LogP contribution < -0.4 is 4.74 Å². The molecule has 0 aliphatic heterocycles. The smallest absolute Gasteiger partial charge is 0.263 e. The lowest BCUT2D eigenvalue weighted by atomic mass is 10.1. The molecular formula is C11H16BrNO3S. The maximum Gasteiger partial charge on any atom is 0.263 e. The van der Waals surface area contributed by atoms with Crippen molar-refractivity contribution in [3.8, 4) is 5.75 Å². The number of methoxy groups -OCH3 is 1. The first kappa shape index (κ1) is 14.5. The van der Waals surface area contributed by atoms with Crippen molar-refractivity contribution >= 4 is 33.2 Å². The summed E-state index contributed by atoms with van der Waals surface area (Å²) in [5.41, 5.74) is -0.900. The number of hydrogen-bond acceptors (Lipinski definition) is 4. The standard InChI is InChI=1S/C11H16BrNO3S/c1-11(2,15)6-13(3)10(14)8-5-7(16-4)9(12)17-8/h5,15H,6H2,1-4H3. The van der Waals surface area contributed by atoms with Crippen LogP contribution in [0.1, 0.15) is 23.5 Å². The van der Waals surface area contributed by atoms with Gasteiger partial charge < -0.3 is 14.7 Å². The summed E-state index contributed by atoms with van der Waals surface area (Å²) in [6, 6.07) is 1.69. The van der Waals surface area contributed by atoms with Gasteiger partial charge in [-0.2, -0.15) is 0 Å². The van der Waals surface area contributed by atoms with Crippen LogP contribution in [-0.4, -0.2) is 42.2 Å². The average molecular weight is 322 g/mol. The van der Waals surface area contributed by atoms with Crippen molar-refractivity contribution in [2.75, 3.05) is 20.7 Å². The third-order valence-electron chi connectivity index (χ3n) is 2.06. The lowest BCUT2D eigenvalue weighted by Crippen LogP contribution is -2.39. The van der Waals surface area contributed by atoms with Crippen LogP contribution in [0, 0.1) is 0 Å². The maximum absolute atomic E-state index is 12.1. The highest BCUT2D eigenvalue weighted by Gasteiger charge is 2.22. The number of carbonyl (C=O) groups is 1. The normalized spacial score (nSPS) is 11.4. The molecule has 0 unspecified atom stereocenters. The number of halogens is 1. The van der Waals surface area contributed by atoms with Gasteiger partial charge in [-0.3, -0.25) is 4.79 Å². The Morgan fingerprint density at radius 1 is 1.65 bits per heavy atom. The van der Waals surface area contributed by atoms with Gasteiger partial charge in [0.15, 0.2) is 0 Å². The van der Waals surface area contributed by atoms with Gasteiger partial charge in [0, 0.05) is 19.7 Å². The molecule has 0 bridgehead atoms. The number of ether oxygens (including phenoxy) is 1. The first-order valence-corrected chi connectivity index (χ1v) is 6.66. The molecule has 1 amide bonds. The van der Waals surface area contributed by atoms with Crippen LogP contribution in [0.25, 0.3) is 0 Å². The van der Waals surface area contributed by atoms with E-state index in [2.05, 4.69) is 15.9 Å². The highest BCUT2D eigenvalue weighted by Crippen LogP contribution is 2.34. The van der Waals surface area contributed by atoms with E-state index in [1.54, 1.807) is 34.1 Å². The Kier molecular flexibility index (Phi) is 4.57. The molecule has 0 saturated carbocycles. The van der Waals surface area contributed by atoms with Gasteiger partial charge in [0.25, 0.3) is 5.91 Å². The summed E-state index contributed by atoms with van der Waals surface area (Å²) >= 11 is 4.65. The molecule has 0 aromatic carbocycles. The molecular weight excluding hydrogens is 306 g/mol. The number of amides is 1. The van der Waals surface area contributed by atoms with Gasteiger partial charge in [-0.1, -0.05) is 0 Å². The Morgan fingerprint density at radius 2 is 2.24 bits per heavy atom. The predicted octanol–water partition coefficient (Wildman–Crippen LogP) is 2.36. The molecule has 1 N–H and O–H groups in total. The van der Waals surface area contributed by atoms with Crippen LogP contribution in [0.3, 0.4) is 0 Å². The van der Waals surface area contributed by atoms with Gasteiger partial charge in [-0.15, -0.1) is 11.3 Å². The van der Waals surface area contributed by atoms with E-state index in [1.807, 2.05) is 0 Å². The van der Waals surface area contributed by atoms with E-state index >= 15 is 0 Å². The van der Waals surface area contributed by atoms with Crippen molar-refractivity contribution in [1.82, 2.24) is 4.90 Å². The number of aliphatic hydroxyl groups is 1. The van der Waals surface area contributed by atoms with Crippen molar-refractivity contribution in [3.63, 3.8) is 0 Å². The summed E-state index contributed by atoms with van der Waals surface area (Å²) in [4.78, 5) is 14.1. The Bertz CT molecular complexity index is 411. The second-order valence-electron chi connectivity index (χ2n) is 4.43. The molecule has 0 atom stereocenters. The zero-order chi connectivity index (χ0) is 13.2. The fourth-order valence-electron chi connectivity index (χ4n) is 1.44. The summed E-state index contributed by atoms with van der Waals surface area (Å²) in [5, 5.41) is 9.67. The van der Waals surface area contributed by atoms with Crippen molar-refractivity contribution in [3.05, 3.63) is 14.7 Å². The summed E-state index contributed by atoms with van der Waals surface area (Å²) in [5.74, 6) is 0.524. The lowest BCUT2D eigenvalue weighted by Gasteiger charge is -2.25. The second-order valence-corrected chi connectivity index (χ2v) is 6.80. The van der Waals surface area contributed by atoms with Crippen molar-refractivity contribution in [2.24, 2.45) is 0 Å². The van der Waals surface area contributed by atoms with Gasteiger partial charge in [-0.25, -0.2) is 0 Å². The zero-order valence-corrected chi connectivity index (χ0v) is 12.7.